The summed E-state index contributed by atoms with van der Waals surface area (Å²) in [6, 6.07) is 4.46. The van der Waals surface area contributed by atoms with Crippen molar-refractivity contribution in [2.24, 2.45) is 5.92 Å². The molecule has 0 N–H and O–H groups in total. The van der Waals surface area contributed by atoms with E-state index in [4.69, 9.17) is 11.6 Å². The van der Waals surface area contributed by atoms with Gasteiger partial charge in [-0.05, 0) is 43.0 Å². The molecule has 3 rings (SSSR count). The first-order chi connectivity index (χ1) is 11.8. The van der Waals surface area contributed by atoms with Crippen LogP contribution in [0.5, 0.6) is 0 Å². The molecule has 2 atom stereocenters. The second-order valence-electron chi connectivity index (χ2n) is 7.13. The third kappa shape index (κ3) is 3.96. The van der Waals surface area contributed by atoms with Crippen molar-refractivity contribution in [1.29, 1.82) is 0 Å². The van der Waals surface area contributed by atoms with Crippen LogP contribution in [0.1, 0.15) is 18.4 Å². The molecule has 2 bridgehead atoms. The summed E-state index contributed by atoms with van der Waals surface area (Å²) < 4.78 is 13.3. The van der Waals surface area contributed by atoms with E-state index in [0.29, 0.717) is 19.0 Å². The number of benzene rings is 1. The van der Waals surface area contributed by atoms with Crippen LogP contribution in [0.3, 0.4) is 0 Å². The number of halogens is 2. The minimum absolute atomic E-state index is 0.0133. The van der Waals surface area contributed by atoms with Crippen LogP contribution in [0.4, 0.5) is 4.39 Å². The maximum absolute atomic E-state index is 13.3. The topological polar surface area (TPSA) is 43.9 Å². The fourth-order valence-electron chi connectivity index (χ4n) is 3.63. The van der Waals surface area contributed by atoms with Crippen LogP contribution in [0, 0.1) is 11.7 Å². The number of amides is 2. The summed E-state index contributed by atoms with van der Waals surface area (Å²) in [5.41, 5.74) is 0.888. The van der Waals surface area contributed by atoms with Crippen LogP contribution in [0.2, 0.25) is 5.02 Å². The SMILES string of the molecule is CN(C)C(=O)CN1C[C@H]2CCN(Cc3ccc(F)c(Cl)c3)[C@H](C2)C1=O. The van der Waals surface area contributed by atoms with Crippen molar-refractivity contribution in [3.05, 3.63) is 34.6 Å². The highest BCUT2D eigenvalue weighted by Gasteiger charge is 2.41. The predicted octanol–water partition coefficient (Wildman–Crippen LogP) is 1.99. The van der Waals surface area contributed by atoms with Gasteiger partial charge in [0, 0.05) is 27.2 Å². The molecule has 2 fully saturated rings. The monoisotopic (exact) mass is 367 g/mol. The van der Waals surface area contributed by atoms with Crippen molar-refractivity contribution in [3.63, 3.8) is 0 Å². The number of likely N-dealkylation sites (tertiary alicyclic amines) is 2. The normalized spacial score (nSPS) is 23.7. The molecule has 2 heterocycles. The van der Waals surface area contributed by atoms with E-state index >= 15 is 0 Å². The molecule has 7 heteroatoms. The van der Waals surface area contributed by atoms with E-state index < -0.39 is 5.82 Å². The third-order valence-electron chi connectivity index (χ3n) is 5.09. The molecule has 136 valence electrons. The van der Waals surface area contributed by atoms with E-state index in [-0.39, 0.29) is 29.4 Å². The highest BCUT2D eigenvalue weighted by atomic mass is 35.5. The lowest BCUT2D eigenvalue weighted by molar-refractivity contribution is -0.150. The van der Waals surface area contributed by atoms with Crippen LogP contribution in [0.25, 0.3) is 0 Å². The standard InChI is InChI=1S/C18H23ClFN3O2/c1-21(2)17(24)11-23-10-13-5-6-22(16(8-13)18(23)25)9-12-3-4-15(20)14(19)7-12/h3-4,7,13,16H,5-6,8-11H2,1-2H3/t13-,16+/m0/s1. The summed E-state index contributed by atoms with van der Waals surface area (Å²) in [6.45, 7) is 2.17. The second-order valence-corrected chi connectivity index (χ2v) is 7.54. The van der Waals surface area contributed by atoms with Crippen molar-refractivity contribution >= 4 is 23.4 Å². The maximum atomic E-state index is 13.3. The molecule has 5 nitrogen and oxygen atoms in total. The van der Waals surface area contributed by atoms with Gasteiger partial charge in [-0.2, -0.15) is 0 Å². The second kappa shape index (κ2) is 7.30. The molecule has 2 aliphatic rings. The first-order valence-electron chi connectivity index (χ1n) is 8.52. The summed E-state index contributed by atoms with van der Waals surface area (Å²) >= 11 is 5.86. The van der Waals surface area contributed by atoms with E-state index in [2.05, 4.69) is 4.90 Å². The van der Waals surface area contributed by atoms with Crippen LogP contribution in [0.15, 0.2) is 18.2 Å². The molecular formula is C18H23ClFN3O2. The zero-order valence-electron chi connectivity index (χ0n) is 14.5. The molecule has 0 aliphatic carbocycles. The molecule has 0 spiro atoms. The first-order valence-corrected chi connectivity index (χ1v) is 8.90. The molecule has 0 aromatic heterocycles. The Morgan fingerprint density at radius 3 is 2.84 bits per heavy atom. The fraction of sp³-hybridized carbons (Fsp3) is 0.556. The van der Waals surface area contributed by atoms with Gasteiger partial charge >= 0.3 is 0 Å². The van der Waals surface area contributed by atoms with Gasteiger partial charge in [0.2, 0.25) is 11.8 Å². The molecule has 2 amide bonds. The minimum Gasteiger partial charge on any atom is -0.347 e. The molecule has 25 heavy (non-hydrogen) atoms. The van der Waals surface area contributed by atoms with Crippen molar-refractivity contribution in [2.75, 3.05) is 33.7 Å². The lowest BCUT2D eigenvalue weighted by Crippen LogP contribution is -2.59. The van der Waals surface area contributed by atoms with Gasteiger partial charge in [0.05, 0.1) is 17.6 Å². The number of hydrogen-bond acceptors (Lipinski definition) is 3. The summed E-state index contributed by atoms with van der Waals surface area (Å²) in [7, 11) is 3.39. The molecule has 2 saturated heterocycles. The Morgan fingerprint density at radius 1 is 1.40 bits per heavy atom. The van der Waals surface area contributed by atoms with E-state index in [1.807, 2.05) is 0 Å². The molecule has 1 aromatic carbocycles. The van der Waals surface area contributed by atoms with Crippen LogP contribution in [-0.2, 0) is 16.1 Å². The zero-order valence-corrected chi connectivity index (χ0v) is 15.3. The van der Waals surface area contributed by atoms with Crippen molar-refractivity contribution in [3.8, 4) is 0 Å². The lowest BCUT2D eigenvalue weighted by atomic mass is 9.85. The molecular weight excluding hydrogens is 345 g/mol. The zero-order chi connectivity index (χ0) is 18.1. The number of hydrogen-bond donors (Lipinski definition) is 0. The Kier molecular flexibility index (Phi) is 5.29. The Labute approximate surface area is 152 Å². The summed E-state index contributed by atoms with van der Waals surface area (Å²) in [5.74, 6) is -0.0542. The van der Waals surface area contributed by atoms with E-state index in [9.17, 15) is 14.0 Å². The van der Waals surface area contributed by atoms with Gasteiger partial charge in [0.1, 0.15) is 5.82 Å². The highest BCUT2D eigenvalue weighted by molar-refractivity contribution is 6.30. The highest BCUT2D eigenvalue weighted by Crippen LogP contribution is 2.31. The number of piperidine rings is 2. The Hall–Kier alpha value is -1.66. The average Bonchev–Trinajstić information content (AvgIpc) is 2.57. The average molecular weight is 368 g/mol. The third-order valence-corrected chi connectivity index (χ3v) is 5.38. The van der Waals surface area contributed by atoms with Crippen molar-refractivity contribution < 1.29 is 14.0 Å². The summed E-state index contributed by atoms with van der Waals surface area (Å²) in [5, 5.41) is 0.0977. The molecule has 0 radical (unpaired) electrons. The first kappa shape index (κ1) is 18.1. The summed E-state index contributed by atoms with van der Waals surface area (Å²) in [6.07, 6.45) is 1.81. The van der Waals surface area contributed by atoms with Gasteiger partial charge in [0.15, 0.2) is 0 Å². The predicted molar refractivity (Wildman–Crippen MR) is 93.6 cm³/mol. The van der Waals surface area contributed by atoms with Crippen molar-refractivity contribution in [2.45, 2.75) is 25.4 Å². The molecule has 2 aliphatic heterocycles. The van der Waals surface area contributed by atoms with E-state index in [1.165, 1.54) is 11.0 Å². The number of rotatable bonds is 4. The minimum atomic E-state index is -0.439. The quantitative estimate of drug-likeness (QED) is 0.817. The van der Waals surface area contributed by atoms with Gasteiger partial charge in [-0.1, -0.05) is 17.7 Å². The fourth-order valence-corrected chi connectivity index (χ4v) is 3.83. The largest absolute Gasteiger partial charge is 0.347 e. The van der Waals surface area contributed by atoms with Gasteiger partial charge in [0.25, 0.3) is 0 Å². The number of fused-ring (bicyclic) bond motifs is 2. The van der Waals surface area contributed by atoms with Crippen molar-refractivity contribution in [1.82, 2.24) is 14.7 Å². The summed E-state index contributed by atoms with van der Waals surface area (Å²) in [4.78, 5) is 30.1. The van der Waals surface area contributed by atoms with E-state index in [0.717, 1.165) is 24.9 Å². The van der Waals surface area contributed by atoms with Crippen LogP contribution < -0.4 is 0 Å². The van der Waals surface area contributed by atoms with Crippen LogP contribution in [-0.4, -0.2) is 66.3 Å². The van der Waals surface area contributed by atoms with Crippen LogP contribution >= 0.6 is 11.6 Å². The Morgan fingerprint density at radius 2 is 2.16 bits per heavy atom. The Bertz CT molecular complexity index is 682. The number of carbonyl (C=O) groups excluding carboxylic acids is 2. The van der Waals surface area contributed by atoms with Gasteiger partial charge in [-0.15, -0.1) is 0 Å². The number of nitrogens with zero attached hydrogens (tertiary/aromatic N) is 3. The number of likely N-dealkylation sites (N-methyl/N-ethyl adjacent to an activating group) is 1. The maximum Gasteiger partial charge on any atom is 0.241 e. The smallest absolute Gasteiger partial charge is 0.241 e. The molecule has 1 aromatic rings. The number of carbonyl (C=O) groups is 2. The molecule has 0 saturated carbocycles. The van der Waals surface area contributed by atoms with Gasteiger partial charge < -0.3 is 9.80 Å². The lowest BCUT2D eigenvalue weighted by Gasteiger charge is -2.46. The molecule has 0 unspecified atom stereocenters. The van der Waals surface area contributed by atoms with Gasteiger partial charge in [-0.3, -0.25) is 14.5 Å². The van der Waals surface area contributed by atoms with E-state index in [1.54, 1.807) is 31.1 Å². The Balaban J connectivity index is 1.72. The van der Waals surface area contributed by atoms with Gasteiger partial charge in [-0.25, -0.2) is 4.39 Å².